The third-order valence-electron chi connectivity index (χ3n) is 0. The van der Waals surface area contributed by atoms with Crippen LogP contribution in [0.25, 0.3) is 0 Å². The van der Waals surface area contributed by atoms with Gasteiger partial charge in [0, 0.05) is 0 Å². The number of rotatable bonds is 0. The summed E-state index contributed by atoms with van der Waals surface area (Å²) in [4.78, 5) is 0. The van der Waals surface area contributed by atoms with E-state index in [0.717, 1.165) is 0 Å². The summed E-state index contributed by atoms with van der Waals surface area (Å²) in [6.07, 6.45) is 0. The second-order valence-corrected chi connectivity index (χ2v) is 0.692. The first-order valence-corrected chi connectivity index (χ1v) is 1.60. The Labute approximate surface area is 70.3 Å². The van der Waals surface area contributed by atoms with Crippen molar-refractivity contribution in [3.63, 3.8) is 0 Å². The van der Waals surface area contributed by atoms with Crippen molar-refractivity contribution in [2.75, 3.05) is 0 Å². The zero-order valence-corrected chi connectivity index (χ0v) is 2.53. The highest BCUT2D eigenvalue weighted by Gasteiger charge is 1.62. The predicted molar refractivity (Wildman–Crippen MR) is 30.5 cm³/mol. The number of hydrogen-bond acceptors (Lipinski definition) is 1. The van der Waals surface area contributed by atoms with Gasteiger partial charge in [-0.3, -0.25) is 9.11 Å². The van der Waals surface area contributed by atoms with Crippen LogP contribution in [0.4, 0.5) is 0 Å². The molecule has 0 bridgehead atoms. The summed E-state index contributed by atoms with van der Waals surface area (Å²) in [7, 11) is 0. The van der Waals surface area contributed by atoms with E-state index in [9.17, 15) is 0 Å². The van der Waals surface area contributed by atoms with Crippen LogP contribution in [0.5, 0.6) is 0 Å². The van der Waals surface area contributed by atoms with Crippen molar-refractivity contribution in [1.29, 1.82) is 0 Å². The van der Waals surface area contributed by atoms with Gasteiger partial charge in [-0.1, -0.05) is 0 Å². The van der Waals surface area contributed by atoms with Crippen LogP contribution in [0.2, 0.25) is 0 Å². The van der Waals surface area contributed by atoms with Crippen LogP contribution in [0.1, 0.15) is 0 Å². The summed E-state index contributed by atoms with van der Waals surface area (Å²) >= 11 is -2.61. The predicted octanol–water partition coefficient (Wildman–Crippen LogP) is -2.15. The SMILES string of the molecule is O=S(O)O.[MgH2].[MgH2]. The van der Waals surface area contributed by atoms with Gasteiger partial charge < -0.3 is 0 Å². The van der Waals surface area contributed by atoms with Gasteiger partial charge in [-0.15, -0.1) is 0 Å². The van der Waals surface area contributed by atoms with Crippen LogP contribution < -0.4 is 0 Å². The Morgan fingerprint density at radius 1 is 1.17 bits per heavy atom. The second kappa shape index (κ2) is 9.78. The average Bonchev–Trinajstić information content (AvgIpc) is 0.811. The molecule has 0 saturated carbocycles. The van der Waals surface area contributed by atoms with E-state index >= 15 is 0 Å². The standard InChI is InChI=1S/2Mg.H2O3S.4H/c;;1-4(2)3;;;;/h;;(H2,1,2,3);;;;. The van der Waals surface area contributed by atoms with Gasteiger partial charge in [0.15, 0.2) is 0 Å². The van der Waals surface area contributed by atoms with Crippen LogP contribution >= 0.6 is 0 Å². The molecule has 0 aliphatic heterocycles. The molecule has 0 rings (SSSR count). The molecule has 34 valence electrons. The molecular weight excluding hydrogens is 129 g/mol. The molecule has 0 aromatic heterocycles. The van der Waals surface area contributed by atoms with Crippen molar-refractivity contribution in [1.82, 2.24) is 0 Å². The zero-order valence-electron chi connectivity index (χ0n) is 1.71. The van der Waals surface area contributed by atoms with Crippen molar-refractivity contribution >= 4 is 57.5 Å². The van der Waals surface area contributed by atoms with Crippen LogP contribution in [0.3, 0.4) is 0 Å². The highest BCUT2D eigenvalue weighted by Crippen LogP contribution is 1.44. The average molecular weight is 135 g/mol. The normalized spacial score (nSPS) is 5.83. The molecule has 0 amide bonds. The smallest absolute Gasteiger partial charge is 0.284 e. The molecule has 3 nitrogen and oxygen atoms in total. The molecule has 6 heavy (non-hydrogen) atoms. The van der Waals surface area contributed by atoms with Gasteiger partial charge in [0.1, 0.15) is 0 Å². The lowest BCUT2D eigenvalue weighted by Crippen LogP contribution is -1.74. The first-order valence-electron chi connectivity index (χ1n) is 0.532. The Morgan fingerprint density at radius 3 is 1.17 bits per heavy atom. The van der Waals surface area contributed by atoms with Crippen molar-refractivity contribution < 1.29 is 13.3 Å². The summed E-state index contributed by atoms with van der Waals surface area (Å²) in [5.41, 5.74) is 0. The summed E-state index contributed by atoms with van der Waals surface area (Å²) in [6.45, 7) is 0. The minimum atomic E-state index is -2.61. The van der Waals surface area contributed by atoms with E-state index in [1.165, 1.54) is 0 Å². The maximum Gasteiger partial charge on any atom is 0.316 e. The lowest BCUT2D eigenvalue weighted by atomic mass is 15.8. The van der Waals surface area contributed by atoms with Crippen LogP contribution in [-0.4, -0.2) is 59.4 Å². The fourth-order valence-corrected chi connectivity index (χ4v) is 0. The molecule has 0 aromatic rings. The Bertz CT molecular complexity index is 31.8. The fraction of sp³-hybridized carbons (Fsp3) is 0. The molecule has 0 spiro atoms. The molecule has 0 aliphatic carbocycles. The van der Waals surface area contributed by atoms with E-state index in [1.807, 2.05) is 0 Å². The highest BCUT2D eigenvalue weighted by molar-refractivity contribution is 7.73. The number of hydrogen-bond donors (Lipinski definition) is 2. The van der Waals surface area contributed by atoms with Crippen LogP contribution in [0, 0.1) is 0 Å². The molecule has 6 heteroatoms. The van der Waals surface area contributed by atoms with Crippen molar-refractivity contribution in [2.24, 2.45) is 0 Å². The molecule has 2 N–H and O–H groups in total. The molecule has 0 aliphatic rings. The molecule has 0 radical (unpaired) electrons. The Balaban J connectivity index is -0.0000000450. The molecule has 0 aromatic carbocycles. The van der Waals surface area contributed by atoms with E-state index in [0.29, 0.717) is 0 Å². The van der Waals surface area contributed by atoms with Gasteiger partial charge >= 0.3 is 46.1 Å². The monoisotopic (exact) mass is 134 g/mol. The lowest BCUT2D eigenvalue weighted by Gasteiger charge is -1.59. The summed E-state index contributed by atoms with van der Waals surface area (Å²) in [5, 5.41) is 0. The summed E-state index contributed by atoms with van der Waals surface area (Å²) in [5.74, 6) is 0. The largest absolute Gasteiger partial charge is 0.316 e. The van der Waals surface area contributed by atoms with Crippen molar-refractivity contribution in [3.05, 3.63) is 0 Å². The Kier molecular flexibility index (Phi) is 25.5. The maximum absolute atomic E-state index is 8.67. The molecule has 0 fully saturated rings. The summed E-state index contributed by atoms with van der Waals surface area (Å²) in [6, 6.07) is 0. The van der Waals surface area contributed by atoms with Gasteiger partial charge in [-0.05, 0) is 0 Å². The van der Waals surface area contributed by atoms with Gasteiger partial charge in [-0.25, -0.2) is 0 Å². The molecular formula is H6Mg2O3S. The van der Waals surface area contributed by atoms with Gasteiger partial charge in [0.05, 0.1) is 0 Å². The zero-order chi connectivity index (χ0) is 3.58. The van der Waals surface area contributed by atoms with Crippen molar-refractivity contribution in [2.45, 2.75) is 0 Å². The topological polar surface area (TPSA) is 57.5 Å². The Morgan fingerprint density at radius 2 is 1.17 bits per heavy atom. The maximum atomic E-state index is 8.67. The quantitative estimate of drug-likeness (QED) is 0.294. The molecule has 0 heterocycles. The third kappa shape index (κ3) is 46.2. The van der Waals surface area contributed by atoms with E-state index in [1.54, 1.807) is 0 Å². The van der Waals surface area contributed by atoms with Gasteiger partial charge in [0.25, 0.3) is 11.4 Å². The van der Waals surface area contributed by atoms with Crippen molar-refractivity contribution in [3.8, 4) is 0 Å². The first-order chi connectivity index (χ1) is 1.73. The van der Waals surface area contributed by atoms with E-state index in [4.69, 9.17) is 13.3 Å². The minimum Gasteiger partial charge on any atom is -0.284 e. The Hall–Kier alpha value is 1.60. The van der Waals surface area contributed by atoms with E-state index in [-0.39, 0.29) is 46.1 Å². The summed E-state index contributed by atoms with van der Waals surface area (Å²) < 4.78 is 22.8. The molecule has 0 saturated heterocycles. The van der Waals surface area contributed by atoms with E-state index < -0.39 is 11.4 Å². The molecule has 0 unspecified atom stereocenters. The lowest BCUT2D eigenvalue weighted by molar-refractivity contribution is 0.454. The second-order valence-electron chi connectivity index (χ2n) is 0.231. The van der Waals surface area contributed by atoms with Crippen LogP contribution in [0.15, 0.2) is 0 Å². The van der Waals surface area contributed by atoms with Gasteiger partial charge in [-0.2, -0.15) is 4.21 Å². The van der Waals surface area contributed by atoms with E-state index in [2.05, 4.69) is 0 Å². The minimum absolute atomic E-state index is 0. The fourth-order valence-electron chi connectivity index (χ4n) is 0. The first kappa shape index (κ1) is 15.6. The van der Waals surface area contributed by atoms with Gasteiger partial charge in [0.2, 0.25) is 0 Å². The third-order valence-corrected chi connectivity index (χ3v) is 0. The van der Waals surface area contributed by atoms with Crippen LogP contribution in [-0.2, 0) is 11.4 Å². The highest BCUT2D eigenvalue weighted by atomic mass is 32.2. The molecule has 0 atom stereocenters.